The van der Waals surface area contributed by atoms with Gasteiger partial charge in [-0.05, 0) is 48.7 Å². The van der Waals surface area contributed by atoms with E-state index in [9.17, 15) is 4.39 Å². The van der Waals surface area contributed by atoms with Crippen molar-refractivity contribution in [1.29, 1.82) is 0 Å². The first-order valence-corrected chi connectivity index (χ1v) is 6.77. The summed E-state index contributed by atoms with van der Waals surface area (Å²) in [5.41, 5.74) is 4.53. The highest BCUT2D eigenvalue weighted by molar-refractivity contribution is 7.12. The summed E-state index contributed by atoms with van der Waals surface area (Å²) in [6.07, 6.45) is 1.00. The molecular weight excluding hydrogens is 247 g/mol. The van der Waals surface area contributed by atoms with Crippen molar-refractivity contribution in [3.8, 4) is 0 Å². The van der Waals surface area contributed by atoms with Gasteiger partial charge in [-0.3, -0.25) is 5.84 Å². The van der Waals surface area contributed by atoms with Gasteiger partial charge in [0.1, 0.15) is 5.82 Å². The van der Waals surface area contributed by atoms with Crippen LogP contribution in [0.2, 0.25) is 0 Å². The van der Waals surface area contributed by atoms with Crippen LogP contribution in [0.1, 0.15) is 33.8 Å². The van der Waals surface area contributed by atoms with Gasteiger partial charge in [-0.1, -0.05) is 13.0 Å². The van der Waals surface area contributed by atoms with Gasteiger partial charge in [0, 0.05) is 9.75 Å². The van der Waals surface area contributed by atoms with Gasteiger partial charge >= 0.3 is 0 Å². The first kappa shape index (κ1) is 13.2. The molecule has 0 saturated heterocycles. The van der Waals surface area contributed by atoms with Gasteiger partial charge in [0.2, 0.25) is 0 Å². The second-order valence-corrected chi connectivity index (χ2v) is 5.52. The quantitative estimate of drug-likeness (QED) is 0.657. The van der Waals surface area contributed by atoms with Crippen LogP contribution >= 0.6 is 11.3 Å². The smallest absolute Gasteiger partial charge is 0.123 e. The summed E-state index contributed by atoms with van der Waals surface area (Å²) in [6.45, 7) is 4.00. The molecule has 96 valence electrons. The summed E-state index contributed by atoms with van der Waals surface area (Å²) in [4.78, 5) is 2.41. The lowest BCUT2D eigenvalue weighted by molar-refractivity contribution is 0.607. The fraction of sp³-hybridized carbons (Fsp3) is 0.286. The molecule has 0 aliphatic rings. The number of hydrogen-bond donors (Lipinski definition) is 2. The average molecular weight is 264 g/mol. The largest absolute Gasteiger partial charge is 0.271 e. The van der Waals surface area contributed by atoms with Crippen LogP contribution in [-0.2, 0) is 6.42 Å². The van der Waals surface area contributed by atoms with E-state index in [1.165, 1.54) is 17.0 Å². The molecule has 0 amide bonds. The second kappa shape index (κ2) is 5.61. The van der Waals surface area contributed by atoms with Crippen LogP contribution in [0.5, 0.6) is 0 Å². The molecule has 0 aliphatic carbocycles. The van der Waals surface area contributed by atoms with E-state index in [4.69, 9.17) is 5.84 Å². The van der Waals surface area contributed by atoms with E-state index < -0.39 is 0 Å². The zero-order valence-corrected chi connectivity index (χ0v) is 11.4. The molecule has 1 heterocycles. The van der Waals surface area contributed by atoms with Gasteiger partial charge in [0.25, 0.3) is 0 Å². The van der Waals surface area contributed by atoms with Crippen LogP contribution in [-0.4, -0.2) is 0 Å². The lowest BCUT2D eigenvalue weighted by Crippen LogP contribution is -2.28. The lowest BCUT2D eigenvalue weighted by atomic mass is 10.0. The normalized spacial score (nSPS) is 12.7. The van der Waals surface area contributed by atoms with Crippen molar-refractivity contribution in [2.45, 2.75) is 26.3 Å². The summed E-state index contributed by atoms with van der Waals surface area (Å²) in [5, 5.41) is 0. The van der Waals surface area contributed by atoms with Crippen molar-refractivity contribution in [2.75, 3.05) is 0 Å². The van der Waals surface area contributed by atoms with Crippen molar-refractivity contribution >= 4 is 11.3 Å². The van der Waals surface area contributed by atoms with Crippen molar-refractivity contribution in [3.05, 3.63) is 57.0 Å². The molecule has 0 bridgehead atoms. The van der Waals surface area contributed by atoms with Crippen LogP contribution < -0.4 is 11.3 Å². The van der Waals surface area contributed by atoms with E-state index in [0.717, 1.165) is 22.4 Å². The molecule has 0 saturated carbocycles. The van der Waals surface area contributed by atoms with Gasteiger partial charge < -0.3 is 0 Å². The molecule has 4 heteroatoms. The van der Waals surface area contributed by atoms with Crippen LogP contribution in [0.15, 0.2) is 30.3 Å². The molecule has 1 atom stereocenters. The molecular formula is C14H17FN2S. The van der Waals surface area contributed by atoms with Gasteiger partial charge in [-0.25, -0.2) is 9.82 Å². The zero-order valence-electron chi connectivity index (χ0n) is 10.5. The van der Waals surface area contributed by atoms with Gasteiger partial charge in [0.05, 0.1) is 6.04 Å². The molecule has 1 unspecified atom stereocenters. The van der Waals surface area contributed by atoms with Crippen molar-refractivity contribution in [1.82, 2.24) is 5.43 Å². The highest BCUT2D eigenvalue weighted by Gasteiger charge is 2.15. The highest BCUT2D eigenvalue weighted by Crippen LogP contribution is 2.29. The molecule has 0 aliphatic heterocycles. The van der Waals surface area contributed by atoms with Crippen LogP contribution in [0, 0.1) is 12.7 Å². The predicted molar refractivity (Wildman–Crippen MR) is 74.0 cm³/mol. The van der Waals surface area contributed by atoms with Crippen molar-refractivity contribution < 1.29 is 4.39 Å². The summed E-state index contributed by atoms with van der Waals surface area (Å²) >= 11 is 1.71. The van der Waals surface area contributed by atoms with Gasteiger partial charge in [0.15, 0.2) is 0 Å². The Bertz CT molecular complexity index is 516. The molecule has 0 radical (unpaired) electrons. The maximum atomic E-state index is 13.4. The SMILES string of the molecule is CCc1ccc(C(NN)c2cc(C)cc(F)c2)s1. The summed E-state index contributed by atoms with van der Waals surface area (Å²) < 4.78 is 13.4. The minimum atomic E-state index is -0.225. The average Bonchev–Trinajstić information content (AvgIpc) is 2.77. The van der Waals surface area contributed by atoms with Crippen LogP contribution in [0.4, 0.5) is 4.39 Å². The third-order valence-corrected chi connectivity index (χ3v) is 4.17. The number of nitrogens with one attached hydrogen (secondary N) is 1. The molecule has 0 fully saturated rings. The molecule has 18 heavy (non-hydrogen) atoms. The monoisotopic (exact) mass is 264 g/mol. The van der Waals surface area contributed by atoms with E-state index in [0.29, 0.717) is 0 Å². The third-order valence-electron chi connectivity index (χ3n) is 2.88. The summed E-state index contributed by atoms with van der Waals surface area (Å²) in [7, 11) is 0. The fourth-order valence-corrected chi connectivity index (χ4v) is 3.05. The number of hydrazine groups is 1. The number of benzene rings is 1. The minimum absolute atomic E-state index is 0.148. The van der Waals surface area contributed by atoms with E-state index in [1.807, 2.05) is 19.1 Å². The Balaban J connectivity index is 2.38. The Morgan fingerprint density at radius 1 is 1.33 bits per heavy atom. The van der Waals surface area contributed by atoms with Gasteiger partial charge in [-0.15, -0.1) is 11.3 Å². The van der Waals surface area contributed by atoms with E-state index in [1.54, 1.807) is 11.3 Å². The van der Waals surface area contributed by atoms with Crippen molar-refractivity contribution in [3.63, 3.8) is 0 Å². The Morgan fingerprint density at radius 3 is 2.67 bits per heavy atom. The standard InChI is InChI=1S/C14H17FN2S/c1-3-12-4-5-13(18-12)14(17-16)10-6-9(2)7-11(15)8-10/h4-8,14,17H,3,16H2,1-2H3. The van der Waals surface area contributed by atoms with E-state index in [2.05, 4.69) is 18.4 Å². The first-order chi connectivity index (χ1) is 8.63. The van der Waals surface area contributed by atoms with Crippen molar-refractivity contribution in [2.24, 2.45) is 5.84 Å². The van der Waals surface area contributed by atoms with Crippen LogP contribution in [0.3, 0.4) is 0 Å². The Labute approximate surface area is 111 Å². The molecule has 2 nitrogen and oxygen atoms in total. The Kier molecular flexibility index (Phi) is 4.11. The molecule has 0 spiro atoms. The number of rotatable bonds is 4. The first-order valence-electron chi connectivity index (χ1n) is 5.96. The molecule has 1 aromatic heterocycles. The second-order valence-electron chi connectivity index (χ2n) is 4.32. The number of aryl methyl sites for hydroxylation is 2. The number of halogens is 1. The van der Waals surface area contributed by atoms with E-state index >= 15 is 0 Å². The predicted octanol–water partition coefficient (Wildman–Crippen LogP) is 3.31. The zero-order chi connectivity index (χ0) is 13.1. The Hall–Kier alpha value is -1.23. The molecule has 2 rings (SSSR count). The van der Waals surface area contributed by atoms with Gasteiger partial charge in [-0.2, -0.15) is 0 Å². The molecule has 3 N–H and O–H groups in total. The number of nitrogens with two attached hydrogens (primary N) is 1. The molecule has 2 aromatic rings. The Morgan fingerprint density at radius 2 is 2.11 bits per heavy atom. The number of thiophene rings is 1. The lowest BCUT2D eigenvalue weighted by Gasteiger charge is -2.15. The van der Waals surface area contributed by atoms with Crippen LogP contribution in [0.25, 0.3) is 0 Å². The number of hydrogen-bond acceptors (Lipinski definition) is 3. The summed E-state index contributed by atoms with van der Waals surface area (Å²) in [5.74, 6) is 5.40. The summed E-state index contributed by atoms with van der Waals surface area (Å²) in [6, 6.07) is 9.00. The minimum Gasteiger partial charge on any atom is -0.271 e. The van der Waals surface area contributed by atoms with E-state index in [-0.39, 0.29) is 11.9 Å². The highest BCUT2D eigenvalue weighted by atomic mass is 32.1. The maximum absolute atomic E-state index is 13.4. The maximum Gasteiger partial charge on any atom is 0.123 e. The molecule has 1 aromatic carbocycles. The topological polar surface area (TPSA) is 38.0 Å². The fourth-order valence-electron chi connectivity index (χ4n) is 2.01. The third kappa shape index (κ3) is 2.77.